The molecule has 0 saturated heterocycles. The summed E-state index contributed by atoms with van der Waals surface area (Å²) in [5.74, 6) is 0.115. The first-order valence-corrected chi connectivity index (χ1v) is 5.15. The normalized spacial score (nSPS) is 20.6. The third-order valence-corrected chi connectivity index (χ3v) is 2.65. The summed E-state index contributed by atoms with van der Waals surface area (Å²) in [5, 5.41) is 0. The second kappa shape index (κ2) is 3.96. The van der Waals surface area contributed by atoms with Gasteiger partial charge < -0.3 is 4.74 Å². The zero-order chi connectivity index (χ0) is 9.97. The van der Waals surface area contributed by atoms with Gasteiger partial charge in [-0.15, -0.1) is 0 Å². The first-order valence-electron chi connectivity index (χ1n) is 4.36. The van der Waals surface area contributed by atoms with E-state index in [0.717, 1.165) is 10.0 Å². The van der Waals surface area contributed by atoms with E-state index in [4.69, 9.17) is 4.74 Å². The van der Waals surface area contributed by atoms with Gasteiger partial charge in [-0.1, -0.05) is 28.1 Å². The molecule has 0 spiro atoms. The molecule has 1 heterocycles. The Balaban J connectivity index is 2.19. The third-order valence-electron chi connectivity index (χ3n) is 2.13. The van der Waals surface area contributed by atoms with Gasteiger partial charge in [0.1, 0.15) is 6.10 Å². The van der Waals surface area contributed by atoms with E-state index in [1.807, 2.05) is 24.3 Å². The number of ether oxygens (including phenoxy) is 1. The number of hydrogen-bond donors (Lipinski definition) is 0. The number of allylic oxidation sites excluding steroid dienone is 1. The number of carbonyl (C=O) groups is 1. The van der Waals surface area contributed by atoms with Crippen molar-refractivity contribution in [3.8, 4) is 0 Å². The van der Waals surface area contributed by atoms with E-state index >= 15 is 0 Å². The maximum atomic E-state index is 11.1. The van der Waals surface area contributed by atoms with E-state index in [1.165, 1.54) is 12.3 Å². The molecular weight excluding hydrogens is 244 g/mol. The molecule has 1 aromatic rings. The van der Waals surface area contributed by atoms with Crippen LogP contribution in [0, 0.1) is 0 Å². The van der Waals surface area contributed by atoms with Crippen LogP contribution >= 0.6 is 15.9 Å². The highest BCUT2D eigenvalue weighted by Gasteiger charge is 2.18. The first kappa shape index (κ1) is 9.46. The Morgan fingerprint density at radius 3 is 2.64 bits per heavy atom. The average Bonchev–Trinajstić information content (AvgIpc) is 2.19. The summed E-state index contributed by atoms with van der Waals surface area (Å²) in [6, 6.07) is 7.81. The summed E-state index contributed by atoms with van der Waals surface area (Å²) in [6.45, 7) is 0. The fourth-order valence-electron chi connectivity index (χ4n) is 1.38. The maximum Gasteiger partial charge on any atom is 0.162 e. The molecule has 2 rings (SSSR count). The van der Waals surface area contributed by atoms with Crippen LogP contribution in [-0.2, 0) is 9.53 Å². The van der Waals surface area contributed by atoms with Gasteiger partial charge in [-0.25, -0.2) is 0 Å². The summed E-state index contributed by atoms with van der Waals surface area (Å²) in [4.78, 5) is 11.1. The van der Waals surface area contributed by atoms with Crippen LogP contribution < -0.4 is 0 Å². The van der Waals surface area contributed by atoms with Crippen molar-refractivity contribution in [1.82, 2.24) is 0 Å². The second-order valence-electron chi connectivity index (χ2n) is 3.15. The van der Waals surface area contributed by atoms with E-state index < -0.39 is 0 Å². The quantitative estimate of drug-likeness (QED) is 0.769. The summed E-state index contributed by atoms with van der Waals surface area (Å²) in [6.07, 6.45) is 3.24. The predicted molar refractivity (Wildman–Crippen MR) is 56.7 cm³/mol. The molecule has 1 unspecified atom stereocenters. The average molecular weight is 253 g/mol. The SMILES string of the molecule is O=C1C=COC(c2ccc(Br)cc2)C1. The van der Waals surface area contributed by atoms with Crippen LogP contribution in [0.1, 0.15) is 18.1 Å². The number of rotatable bonds is 1. The van der Waals surface area contributed by atoms with Gasteiger partial charge in [-0.3, -0.25) is 4.79 Å². The Morgan fingerprint density at radius 2 is 2.00 bits per heavy atom. The molecule has 1 aliphatic heterocycles. The van der Waals surface area contributed by atoms with Crippen molar-refractivity contribution >= 4 is 21.7 Å². The molecular formula is C11H9BrO2. The summed E-state index contributed by atoms with van der Waals surface area (Å²) >= 11 is 3.36. The van der Waals surface area contributed by atoms with Crippen molar-refractivity contribution in [2.24, 2.45) is 0 Å². The van der Waals surface area contributed by atoms with Crippen LogP contribution in [0.3, 0.4) is 0 Å². The maximum absolute atomic E-state index is 11.1. The molecule has 1 aliphatic rings. The highest BCUT2D eigenvalue weighted by atomic mass is 79.9. The Morgan fingerprint density at radius 1 is 1.29 bits per heavy atom. The molecule has 1 aromatic carbocycles. The van der Waals surface area contributed by atoms with Crippen LogP contribution in [0.4, 0.5) is 0 Å². The van der Waals surface area contributed by atoms with Crippen molar-refractivity contribution in [2.75, 3.05) is 0 Å². The lowest BCUT2D eigenvalue weighted by atomic mass is 10.0. The van der Waals surface area contributed by atoms with E-state index in [2.05, 4.69) is 15.9 Å². The second-order valence-corrected chi connectivity index (χ2v) is 4.07. The molecule has 2 nitrogen and oxygen atoms in total. The van der Waals surface area contributed by atoms with Crippen LogP contribution in [-0.4, -0.2) is 5.78 Å². The monoisotopic (exact) mass is 252 g/mol. The fraction of sp³-hybridized carbons (Fsp3) is 0.182. The van der Waals surface area contributed by atoms with Gasteiger partial charge in [0.25, 0.3) is 0 Å². The molecule has 0 bridgehead atoms. The summed E-state index contributed by atoms with van der Waals surface area (Å²) in [5.41, 5.74) is 1.03. The van der Waals surface area contributed by atoms with Crippen molar-refractivity contribution in [3.63, 3.8) is 0 Å². The Labute approximate surface area is 90.7 Å². The molecule has 0 saturated carbocycles. The largest absolute Gasteiger partial charge is 0.493 e. The summed E-state index contributed by atoms with van der Waals surface area (Å²) in [7, 11) is 0. The zero-order valence-corrected chi connectivity index (χ0v) is 9.03. The standard InChI is InChI=1S/C11H9BrO2/c12-9-3-1-8(2-4-9)11-7-10(13)5-6-14-11/h1-6,11H,7H2. The number of ketones is 1. The number of hydrogen-bond acceptors (Lipinski definition) is 2. The van der Waals surface area contributed by atoms with Crippen molar-refractivity contribution in [3.05, 3.63) is 46.6 Å². The number of carbonyl (C=O) groups excluding carboxylic acids is 1. The van der Waals surface area contributed by atoms with Gasteiger partial charge >= 0.3 is 0 Å². The van der Waals surface area contributed by atoms with Gasteiger partial charge in [0, 0.05) is 10.5 Å². The molecule has 0 N–H and O–H groups in total. The fourth-order valence-corrected chi connectivity index (χ4v) is 1.65. The van der Waals surface area contributed by atoms with Gasteiger partial charge in [0.05, 0.1) is 12.7 Å². The highest BCUT2D eigenvalue weighted by molar-refractivity contribution is 9.10. The van der Waals surface area contributed by atoms with Gasteiger partial charge in [-0.2, -0.15) is 0 Å². The molecule has 0 radical (unpaired) electrons. The third kappa shape index (κ3) is 2.04. The van der Waals surface area contributed by atoms with Gasteiger partial charge in [0.15, 0.2) is 5.78 Å². The molecule has 0 amide bonds. The molecule has 72 valence electrons. The smallest absolute Gasteiger partial charge is 0.162 e. The minimum absolute atomic E-state index is 0.115. The van der Waals surface area contributed by atoms with E-state index in [9.17, 15) is 4.79 Å². The van der Waals surface area contributed by atoms with Crippen LogP contribution in [0.15, 0.2) is 41.1 Å². The zero-order valence-electron chi connectivity index (χ0n) is 7.44. The van der Waals surface area contributed by atoms with Crippen LogP contribution in [0.5, 0.6) is 0 Å². The van der Waals surface area contributed by atoms with Crippen molar-refractivity contribution in [1.29, 1.82) is 0 Å². The van der Waals surface area contributed by atoms with Crippen LogP contribution in [0.25, 0.3) is 0 Å². The molecule has 1 atom stereocenters. The van der Waals surface area contributed by atoms with E-state index in [-0.39, 0.29) is 11.9 Å². The summed E-state index contributed by atoms with van der Waals surface area (Å²) < 4.78 is 6.38. The Hall–Kier alpha value is -1.09. The lowest BCUT2D eigenvalue weighted by Gasteiger charge is -2.18. The lowest BCUT2D eigenvalue weighted by Crippen LogP contribution is -2.10. The minimum Gasteiger partial charge on any atom is -0.493 e. The van der Waals surface area contributed by atoms with Gasteiger partial charge in [0.2, 0.25) is 0 Å². The van der Waals surface area contributed by atoms with Crippen molar-refractivity contribution in [2.45, 2.75) is 12.5 Å². The molecule has 0 aliphatic carbocycles. The van der Waals surface area contributed by atoms with Crippen molar-refractivity contribution < 1.29 is 9.53 Å². The first-order chi connectivity index (χ1) is 6.75. The molecule has 14 heavy (non-hydrogen) atoms. The van der Waals surface area contributed by atoms with E-state index in [0.29, 0.717) is 6.42 Å². The number of benzene rings is 1. The predicted octanol–water partition coefficient (Wildman–Crippen LogP) is 2.99. The van der Waals surface area contributed by atoms with E-state index in [1.54, 1.807) is 0 Å². The lowest BCUT2D eigenvalue weighted by molar-refractivity contribution is -0.118. The molecule has 0 aromatic heterocycles. The number of halogens is 1. The highest BCUT2D eigenvalue weighted by Crippen LogP contribution is 2.26. The topological polar surface area (TPSA) is 26.3 Å². The molecule has 3 heteroatoms. The van der Waals surface area contributed by atoms with Crippen LogP contribution in [0.2, 0.25) is 0 Å². The molecule has 0 fully saturated rings. The van der Waals surface area contributed by atoms with Gasteiger partial charge in [-0.05, 0) is 17.7 Å². The Kier molecular flexibility index (Phi) is 2.68. The minimum atomic E-state index is -0.124. The Bertz CT molecular complexity index is 367.